The van der Waals surface area contributed by atoms with Gasteiger partial charge in [-0.1, -0.05) is 42.0 Å². The molecule has 2 fully saturated rings. The lowest BCUT2D eigenvalue weighted by atomic mass is 10.1. The molecule has 0 spiro atoms. The van der Waals surface area contributed by atoms with E-state index < -0.39 is 0 Å². The highest BCUT2D eigenvalue weighted by molar-refractivity contribution is 5.89. The number of benzene rings is 2. The van der Waals surface area contributed by atoms with Crippen LogP contribution in [-0.4, -0.2) is 34.2 Å². The number of aryl methyl sites for hydroxylation is 1. The maximum Gasteiger partial charge on any atom is 0.228 e. The summed E-state index contributed by atoms with van der Waals surface area (Å²) >= 11 is 0. The van der Waals surface area contributed by atoms with Crippen LogP contribution in [0, 0.1) is 18.7 Å². The van der Waals surface area contributed by atoms with Crippen LogP contribution in [0.5, 0.6) is 0 Å². The Balaban J connectivity index is 1.42. The third-order valence-corrected chi connectivity index (χ3v) is 5.59. The Morgan fingerprint density at radius 1 is 1.07 bits per heavy atom. The standard InChI is InChI=1S/C23H25FN2O2/c1-16-2-4-17(5-3-16)13-25-15-19(12-22(25)27)23(28)26(21-10-11-21)14-18-6-8-20(24)9-7-18/h2-9,19,21H,10-15H2,1H3. The second-order valence-electron chi connectivity index (χ2n) is 7.98. The lowest BCUT2D eigenvalue weighted by Gasteiger charge is -2.26. The van der Waals surface area contributed by atoms with E-state index in [-0.39, 0.29) is 36.0 Å². The molecule has 1 atom stereocenters. The van der Waals surface area contributed by atoms with Crippen molar-refractivity contribution in [1.29, 1.82) is 0 Å². The van der Waals surface area contributed by atoms with Crippen molar-refractivity contribution >= 4 is 11.8 Å². The number of rotatable bonds is 6. The molecule has 2 aromatic carbocycles. The lowest BCUT2D eigenvalue weighted by molar-refractivity contribution is -0.137. The Morgan fingerprint density at radius 3 is 2.36 bits per heavy atom. The monoisotopic (exact) mass is 380 g/mol. The van der Waals surface area contributed by atoms with Gasteiger partial charge in [0.15, 0.2) is 0 Å². The first-order valence-electron chi connectivity index (χ1n) is 9.88. The molecular formula is C23H25FN2O2. The molecule has 0 N–H and O–H groups in total. The normalized spacial score (nSPS) is 19.1. The summed E-state index contributed by atoms with van der Waals surface area (Å²) in [6.45, 7) is 3.53. The Kier molecular flexibility index (Phi) is 5.16. The van der Waals surface area contributed by atoms with Crippen molar-refractivity contribution in [2.75, 3.05) is 6.54 Å². The van der Waals surface area contributed by atoms with Crippen molar-refractivity contribution in [3.8, 4) is 0 Å². The maximum absolute atomic E-state index is 13.2. The lowest BCUT2D eigenvalue weighted by Crippen LogP contribution is -2.38. The van der Waals surface area contributed by atoms with Gasteiger partial charge in [-0.15, -0.1) is 0 Å². The summed E-state index contributed by atoms with van der Waals surface area (Å²) in [5, 5.41) is 0. The van der Waals surface area contributed by atoms with E-state index in [2.05, 4.69) is 0 Å². The molecule has 1 saturated carbocycles. The SMILES string of the molecule is Cc1ccc(CN2CC(C(=O)N(Cc3ccc(F)cc3)C3CC3)CC2=O)cc1. The molecule has 146 valence electrons. The van der Waals surface area contributed by atoms with E-state index in [0.717, 1.165) is 24.0 Å². The first-order chi connectivity index (χ1) is 13.5. The summed E-state index contributed by atoms with van der Waals surface area (Å²) in [5.41, 5.74) is 3.19. The summed E-state index contributed by atoms with van der Waals surface area (Å²) in [6, 6.07) is 14.7. The van der Waals surface area contributed by atoms with E-state index in [4.69, 9.17) is 0 Å². The molecule has 4 nitrogen and oxygen atoms in total. The largest absolute Gasteiger partial charge is 0.338 e. The molecule has 1 unspecified atom stereocenters. The molecule has 4 rings (SSSR count). The summed E-state index contributed by atoms with van der Waals surface area (Å²) in [7, 11) is 0. The molecule has 0 radical (unpaired) electrons. The first-order valence-corrected chi connectivity index (χ1v) is 9.88. The van der Waals surface area contributed by atoms with Crippen molar-refractivity contribution < 1.29 is 14.0 Å². The number of likely N-dealkylation sites (tertiary alicyclic amines) is 1. The number of halogens is 1. The molecule has 28 heavy (non-hydrogen) atoms. The topological polar surface area (TPSA) is 40.6 Å². The van der Waals surface area contributed by atoms with Crippen LogP contribution in [0.25, 0.3) is 0 Å². The highest BCUT2D eigenvalue weighted by Crippen LogP contribution is 2.32. The number of hydrogen-bond acceptors (Lipinski definition) is 2. The Morgan fingerprint density at radius 2 is 1.71 bits per heavy atom. The van der Waals surface area contributed by atoms with Crippen LogP contribution in [0.3, 0.4) is 0 Å². The van der Waals surface area contributed by atoms with E-state index in [0.29, 0.717) is 19.6 Å². The third-order valence-electron chi connectivity index (χ3n) is 5.59. The van der Waals surface area contributed by atoms with E-state index >= 15 is 0 Å². The van der Waals surface area contributed by atoms with Crippen molar-refractivity contribution in [2.24, 2.45) is 5.92 Å². The highest BCUT2D eigenvalue weighted by atomic mass is 19.1. The van der Waals surface area contributed by atoms with E-state index in [1.54, 1.807) is 17.0 Å². The smallest absolute Gasteiger partial charge is 0.228 e. The third kappa shape index (κ3) is 4.24. The van der Waals surface area contributed by atoms with E-state index in [9.17, 15) is 14.0 Å². The summed E-state index contributed by atoms with van der Waals surface area (Å²) in [6.07, 6.45) is 2.28. The van der Waals surface area contributed by atoms with E-state index in [1.165, 1.54) is 17.7 Å². The van der Waals surface area contributed by atoms with Crippen molar-refractivity contribution in [2.45, 2.75) is 45.3 Å². The predicted octanol–water partition coefficient (Wildman–Crippen LogP) is 3.67. The quantitative estimate of drug-likeness (QED) is 0.767. The fourth-order valence-corrected chi connectivity index (χ4v) is 3.80. The zero-order valence-electron chi connectivity index (χ0n) is 16.1. The van der Waals surface area contributed by atoms with Crippen molar-refractivity contribution in [3.63, 3.8) is 0 Å². The minimum atomic E-state index is -0.293. The molecule has 1 aliphatic carbocycles. The van der Waals surface area contributed by atoms with Crippen LogP contribution in [0.4, 0.5) is 4.39 Å². The van der Waals surface area contributed by atoms with Gasteiger partial charge in [-0.2, -0.15) is 0 Å². The van der Waals surface area contributed by atoms with Gasteiger partial charge in [-0.25, -0.2) is 4.39 Å². The van der Waals surface area contributed by atoms with Crippen LogP contribution in [0.1, 0.15) is 36.0 Å². The second kappa shape index (κ2) is 7.74. The predicted molar refractivity (Wildman–Crippen MR) is 105 cm³/mol. The van der Waals surface area contributed by atoms with Gasteiger partial charge in [0.25, 0.3) is 0 Å². The minimum Gasteiger partial charge on any atom is -0.338 e. The van der Waals surface area contributed by atoms with Gasteiger partial charge < -0.3 is 9.80 Å². The van der Waals surface area contributed by atoms with Gasteiger partial charge in [-0.3, -0.25) is 9.59 Å². The molecule has 2 amide bonds. The summed E-state index contributed by atoms with van der Waals surface area (Å²) in [4.78, 5) is 29.3. The average molecular weight is 380 g/mol. The Hall–Kier alpha value is -2.69. The van der Waals surface area contributed by atoms with Crippen LogP contribution in [0.15, 0.2) is 48.5 Å². The molecule has 1 heterocycles. The number of hydrogen-bond donors (Lipinski definition) is 0. The molecule has 0 bridgehead atoms. The average Bonchev–Trinajstić information content (AvgIpc) is 3.46. The molecule has 1 saturated heterocycles. The van der Waals surface area contributed by atoms with Crippen LogP contribution in [-0.2, 0) is 22.7 Å². The zero-order valence-corrected chi connectivity index (χ0v) is 16.1. The summed E-state index contributed by atoms with van der Waals surface area (Å²) in [5.74, 6) is -0.483. The fourth-order valence-electron chi connectivity index (χ4n) is 3.80. The first kappa shape index (κ1) is 18.7. The van der Waals surface area contributed by atoms with Crippen molar-refractivity contribution in [1.82, 2.24) is 9.80 Å². The fraction of sp³-hybridized carbons (Fsp3) is 0.391. The molecule has 2 aliphatic rings. The number of carbonyl (C=O) groups is 2. The van der Waals surface area contributed by atoms with Crippen LogP contribution >= 0.6 is 0 Å². The van der Waals surface area contributed by atoms with Gasteiger partial charge in [0, 0.05) is 32.1 Å². The van der Waals surface area contributed by atoms with Gasteiger partial charge >= 0.3 is 0 Å². The van der Waals surface area contributed by atoms with Gasteiger partial charge in [0.05, 0.1) is 5.92 Å². The number of nitrogens with zero attached hydrogens (tertiary/aromatic N) is 2. The molecule has 5 heteroatoms. The zero-order chi connectivity index (χ0) is 19.7. The van der Waals surface area contributed by atoms with Gasteiger partial charge in [0.1, 0.15) is 5.82 Å². The van der Waals surface area contributed by atoms with Crippen LogP contribution in [0.2, 0.25) is 0 Å². The Labute approximate surface area is 164 Å². The maximum atomic E-state index is 13.2. The molecule has 2 aromatic rings. The highest BCUT2D eigenvalue weighted by Gasteiger charge is 2.40. The van der Waals surface area contributed by atoms with Gasteiger partial charge in [-0.05, 0) is 43.0 Å². The Bertz CT molecular complexity index is 859. The minimum absolute atomic E-state index is 0.0384. The summed E-state index contributed by atoms with van der Waals surface area (Å²) < 4.78 is 13.2. The van der Waals surface area contributed by atoms with E-state index in [1.807, 2.05) is 36.1 Å². The van der Waals surface area contributed by atoms with Crippen molar-refractivity contribution in [3.05, 3.63) is 71.0 Å². The molecular weight excluding hydrogens is 355 g/mol. The number of carbonyl (C=O) groups excluding carboxylic acids is 2. The van der Waals surface area contributed by atoms with Crippen LogP contribution < -0.4 is 0 Å². The molecule has 0 aromatic heterocycles. The van der Waals surface area contributed by atoms with Gasteiger partial charge in [0.2, 0.25) is 11.8 Å². The number of amides is 2. The molecule has 1 aliphatic heterocycles. The second-order valence-corrected chi connectivity index (χ2v) is 7.98.